The van der Waals surface area contributed by atoms with E-state index >= 15 is 0 Å². The van der Waals surface area contributed by atoms with Gasteiger partial charge in [-0.2, -0.15) is 0 Å². The lowest BCUT2D eigenvalue weighted by Crippen LogP contribution is -2.04. The van der Waals surface area contributed by atoms with Gasteiger partial charge in [-0.3, -0.25) is 0 Å². The molecule has 0 aliphatic heterocycles. The van der Waals surface area contributed by atoms with E-state index in [4.69, 9.17) is 10.5 Å². The lowest BCUT2D eigenvalue weighted by atomic mass is 10.1. The molecule has 0 fully saturated rings. The van der Waals surface area contributed by atoms with Crippen molar-refractivity contribution in [1.29, 1.82) is 0 Å². The third kappa shape index (κ3) is 3.53. The van der Waals surface area contributed by atoms with Gasteiger partial charge in [0.25, 0.3) is 0 Å². The predicted molar refractivity (Wildman–Crippen MR) is 85.0 cm³/mol. The van der Waals surface area contributed by atoms with Gasteiger partial charge >= 0.3 is 0 Å². The third-order valence-electron chi connectivity index (χ3n) is 2.77. The molecule has 0 aromatic heterocycles. The molecule has 2 rings (SSSR count). The van der Waals surface area contributed by atoms with Crippen molar-refractivity contribution in [1.82, 2.24) is 0 Å². The van der Waals surface area contributed by atoms with Crippen molar-refractivity contribution < 1.29 is 4.74 Å². The number of rotatable bonds is 4. The highest BCUT2D eigenvalue weighted by molar-refractivity contribution is 9.10. The van der Waals surface area contributed by atoms with Crippen LogP contribution in [0.15, 0.2) is 51.8 Å². The summed E-state index contributed by atoms with van der Waals surface area (Å²) in [6, 6.07) is 14.0. The van der Waals surface area contributed by atoms with E-state index < -0.39 is 0 Å². The molecule has 0 saturated carbocycles. The van der Waals surface area contributed by atoms with Crippen molar-refractivity contribution in [3.05, 3.63) is 52.5 Å². The number of ether oxygens (including phenoxy) is 1. The minimum Gasteiger partial charge on any atom is -0.455 e. The summed E-state index contributed by atoms with van der Waals surface area (Å²) >= 11 is 5.20. The lowest BCUT2D eigenvalue weighted by molar-refractivity contribution is 0.468. The van der Waals surface area contributed by atoms with Crippen molar-refractivity contribution >= 4 is 27.7 Å². The zero-order chi connectivity index (χ0) is 13.8. The average molecular weight is 338 g/mol. The Labute approximate surface area is 126 Å². The summed E-state index contributed by atoms with van der Waals surface area (Å²) in [6.07, 6.45) is 2.04. The number of para-hydroxylation sites is 1. The average Bonchev–Trinajstić information content (AvgIpc) is 2.41. The van der Waals surface area contributed by atoms with E-state index in [1.54, 1.807) is 11.8 Å². The number of benzene rings is 2. The van der Waals surface area contributed by atoms with Crippen molar-refractivity contribution in [3.8, 4) is 11.5 Å². The summed E-state index contributed by atoms with van der Waals surface area (Å²) in [4.78, 5) is 1.12. The minimum atomic E-state index is 0.0174. The van der Waals surface area contributed by atoms with Crippen molar-refractivity contribution in [3.63, 3.8) is 0 Å². The Hall–Kier alpha value is -0.970. The lowest BCUT2D eigenvalue weighted by Gasteiger charge is -2.13. The Bertz CT molecular complexity index is 572. The van der Waals surface area contributed by atoms with Crippen LogP contribution in [-0.2, 0) is 0 Å². The Morgan fingerprint density at radius 1 is 1.16 bits per heavy atom. The van der Waals surface area contributed by atoms with E-state index in [0.29, 0.717) is 0 Å². The molecule has 2 aromatic rings. The molecular formula is C15H16BrNOS. The summed E-state index contributed by atoms with van der Waals surface area (Å²) in [5, 5.41) is 0. The van der Waals surface area contributed by atoms with Crippen LogP contribution in [0.5, 0.6) is 11.5 Å². The summed E-state index contributed by atoms with van der Waals surface area (Å²) in [5.74, 6) is 1.66. The largest absolute Gasteiger partial charge is 0.455 e. The maximum atomic E-state index is 5.96. The van der Waals surface area contributed by atoms with Gasteiger partial charge in [-0.1, -0.05) is 18.2 Å². The smallest absolute Gasteiger partial charge is 0.141 e. The van der Waals surface area contributed by atoms with Crippen LogP contribution in [-0.4, -0.2) is 6.26 Å². The van der Waals surface area contributed by atoms with Gasteiger partial charge in [-0.05, 0) is 58.9 Å². The minimum absolute atomic E-state index is 0.0174. The van der Waals surface area contributed by atoms with Gasteiger partial charge in [0, 0.05) is 10.9 Å². The number of nitrogens with two attached hydrogens (primary N) is 1. The first kappa shape index (κ1) is 14.4. The fourth-order valence-corrected chi connectivity index (χ4v) is 2.71. The molecular weight excluding hydrogens is 322 g/mol. The first-order valence-electron chi connectivity index (χ1n) is 5.97. The molecule has 0 saturated heterocycles. The first-order chi connectivity index (χ1) is 9.11. The zero-order valence-corrected chi connectivity index (χ0v) is 13.3. The molecule has 100 valence electrons. The molecule has 2 N–H and O–H groups in total. The van der Waals surface area contributed by atoms with E-state index in [1.807, 2.05) is 55.6 Å². The van der Waals surface area contributed by atoms with Gasteiger partial charge in [0.2, 0.25) is 0 Å². The Morgan fingerprint density at radius 3 is 2.53 bits per heavy atom. The fourth-order valence-electron chi connectivity index (χ4n) is 1.70. The summed E-state index contributed by atoms with van der Waals surface area (Å²) in [7, 11) is 0. The van der Waals surface area contributed by atoms with Crippen LogP contribution in [0, 0.1) is 0 Å². The number of hydrogen-bond donors (Lipinski definition) is 1. The monoisotopic (exact) mass is 337 g/mol. The van der Waals surface area contributed by atoms with Crippen molar-refractivity contribution in [2.75, 3.05) is 6.26 Å². The van der Waals surface area contributed by atoms with Crippen LogP contribution in [0.25, 0.3) is 0 Å². The first-order valence-corrected chi connectivity index (χ1v) is 7.99. The molecule has 0 unspecified atom stereocenters. The molecule has 0 aliphatic carbocycles. The molecule has 0 bridgehead atoms. The standard InChI is InChI=1S/C15H16BrNOS/c1-10(17)11-7-8-13(12(16)9-11)18-14-5-3-4-6-15(14)19-2/h3-10H,17H2,1-2H3/t10-/m1/s1. The van der Waals surface area contributed by atoms with Crippen LogP contribution in [0.2, 0.25) is 0 Å². The molecule has 0 amide bonds. The molecule has 0 spiro atoms. The second-order valence-corrected chi connectivity index (χ2v) is 5.93. The van der Waals surface area contributed by atoms with Gasteiger partial charge in [-0.25, -0.2) is 0 Å². The molecule has 2 nitrogen and oxygen atoms in total. The summed E-state index contributed by atoms with van der Waals surface area (Å²) in [6.45, 7) is 1.96. The normalized spacial score (nSPS) is 12.2. The van der Waals surface area contributed by atoms with E-state index in [2.05, 4.69) is 15.9 Å². The van der Waals surface area contributed by atoms with Gasteiger partial charge in [0.1, 0.15) is 11.5 Å². The number of halogens is 1. The highest BCUT2D eigenvalue weighted by Gasteiger charge is 2.08. The Kier molecular flexibility index (Phi) is 4.91. The van der Waals surface area contributed by atoms with Crippen LogP contribution in [0.4, 0.5) is 0 Å². The highest BCUT2D eigenvalue weighted by Crippen LogP contribution is 2.35. The SMILES string of the molecule is CSc1ccccc1Oc1ccc([C@@H](C)N)cc1Br. The summed E-state index contributed by atoms with van der Waals surface area (Å²) < 4.78 is 6.87. The third-order valence-corrected chi connectivity index (χ3v) is 4.17. The topological polar surface area (TPSA) is 35.2 Å². The number of thioether (sulfide) groups is 1. The van der Waals surface area contributed by atoms with Gasteiger partial charge in [-0.15, -0.1) is 11.8 Å². The molecule has 0 heterocycles. The fraction of sp³-hybridized carbons (Fsp3) is 0.200. The van der Waals surface area contributed by atoms with E-state index in [1.165, 1.54) is 0 Å². The van der Waals surface area contributed by atoms with E-state index in [9.17, 15) is 0 Å². The van der Waals surface area contributed by atoms with Crippen LogP contribution in [0.1, 0.15) is 18.5 Å². The van der Waals surface area contributed by atoms with Gasteiger partial charge in [0.15, 0.2) is 0 Å². The second-order valence-electron chi connectivity index (χ2n) is 4.23. The second kappa shape index (κ2) is 6.46. The number of hydrogen-bond acceptors (Lipinski definition) is 3. The molecule has 19 heavy (non-hydrogen) atoms. The van der Waals surface area contributed by atoms with E-state index in [0.717, 1.165) is 26.4 Å². The molecule has 2 aromatic carbocycles. The zero-order valence-electron chi connectivity index (χ0n) is 10.9. The van der Waals surface area contributed by atoms with Crippen LogP contribution >= 0.6 is 27.7 Å². The Morgan fingerprint density at radius 2 is 1.89 bits per heavy atom. The Balaban J connectivity index is 2.28. The van der Waals surface area contributed by atoms with Crippen LogP contribution < -0.4 is 10.5 Å². The maximum absolute atomic E-state index is 5.96. The van der Waals surface area contributed by atoms with Crippen LogP contribution in [0.3, 0.4) is 0 Å². The summed E-state index contributed by atoms with van der Waals surface area (Å²) in [5.41, 5.74) is 6.95. The quantitative estimate of drug-likeness (QED) is 0.798. The van der Waals surface area contributed by atoms with E-state index in [-0.39, 0.29) is 6.04 Å². The maximum Gasteiger partial charge on any atom is 0.141 e. The molecule has 0 aliphatic rings. The van der Waals surface area contributed by atoms with Crippen molar-refractivity contribution in [2.24, 2.45) is 5.73 Å². The van der Waals surface area contributed by atoms with Crippen molar-refractivity contribution in [2.45, 2.75) is 17.9 Å². The molecule has 1 atom stereocenters. The highest BCUT2D eigenvalue weighted by atomic mass is 79.9. The van der Waals surface area contributed by atoms with Gasteiger partial charge < -0.3 is 10.5 Å². The molecule has 4 heteroatoms. The molecule has 0 radical (unpaired) electrons. The predicted octanol–water partition coefficient (Wildman–Crippen LogP) is 4.98. The van der Waals surface area contributed by atoms with Gasteiger partial charge in [0.05, 0.1) is 4.47 Å².